The molecule has 76 valence electrons. The van der Waals surface area contributed by atoms with Crippen molar-refractivity contribution < 1.29 is 9.53 Å². The number of carbonyl (C=O) groups is 1. The number of esters is 1. The highest BCUT2D eigenvalue weighted by atomic mass is 127. The van der Waals surface area contributed by atoms with Gasteiger partial charge in [0.25, 0.3) is 0 Å². The van der Waals surface area contributed by atoms with Crippen LogP contribution in [0.15, 0.2) is 10.2 Å². The lowest BCUT2D eigenvalue weighted by atomic mass is 10.1. The van der Waals surface area contributed by atoms with Crippen LogP contribution in [0.3, 0.4) is 0 Å². The van der Waals surface area contributed by atoms with Crippen LogP contribution in [-0.2, 0) is 9.53 Å². The lowest BCUT2D eigenvalue weighted by molar-refractivity contribution is -0.144. The van der Waals surface area contributed by atoms with Crippen molar-refractivity contribution in [2.24, 2.45) is 0 Å². The molecule has 0 saturated heterocycles. The van der Waals surface area contributed by atoms with Crippen LogP contribution in [0.4, 0.5) is 0 Å². The molecule has 0 amide bonds. The van der Waals surface area contributed by atoms with E-state index in [4.69, 9.17) is 4.74 Å². The van der Waals surface area contributed by atoms with Gasteiger partial charge in [0, 0.05) is 6.92 Å². The second kappa shape index (κ2) is 8.53. The molecule has 1 atom stereocenters. The minimum atomic E-state index is -0.198. The predicted octanol–water partition coefficient (Wildman–Crippen LogP) is 3.45. The molecular formula is C10H17IO2. The molecule has 0 radical (unpaired) electrons. The van der Waals surface area contributed by atoms with Crippen molar-refractivity contribution in [3.8, 4) is 0 Å². The molecule has 0 heterocycles. The fraction of sp³-hybridized carbons (Fsp3) is 0.700. The van der Waals surface area contributed by atoms with Gasteiger partial charge in [0.15, 0.2) is 0 Å². The maximum Gasteiger partial charge on any atom is 0.303 e. The third kappa shape index (κ3) is 8.28. The number of carbonyl (C=O) groups excluding carboxylic acids is 1. The Hall–Kier alpha value is -0.0600. The van der Waals surface area contributed by atoms with Gasteiger partial charge < -0.3 is 4.74 Å². The van der Waals surface area contributed by atoms with Crippen LogP contribution in [0.1, 0.15) is 39.5 Å². The zero-order valence-electron chi connectivity index (χ0n) is 8.25. The minimum absolute atomic E-state index is 0.0269. The van der Waals surface area contributed by atoms with Crippen molar-refractivity contribution in [3.05, 3.63) is 10.2 Å². The SMILES string of the molecule is CCCCCC(C=CI)OC(C)=O. The Bertz CT molecular complexity index is 166. The molecule has 0 aliphatic carbocycles. The Morgan fingerprint density at radius 3 is 2.69 bits per heavy atom. The zero-order valence-corrected chi connectivity index (χ0v) is 10.4. The Balaban J connectivity index is 3.73. The molecular weight excluding hydrogens is 279 g/mol. The summed E-state index contributed by atoms with van der Waals surface area (Å²) in [5, 5.41) is 0. The molecule has 0 aliphatic rings. The summed E-state index contributed by atoms with van der Waals surface area (Å²) in [6.45, 7) is 3.61. The van der Waals surface area contributed by atoms with Gasteiger partial charge in [-0.3, -0.25) is 4.79 Å². The predicted molar refractivity (Wildman–Crippen MR) is 62.9 cm³/mol. The second-order valence-electron chi connectivity index (χ2n) is 2.96. The van der Waals surface area contributed by atoms with E-state index in [1.165, 1.54) is 19.8 Å². The number of unbranched alkanes of at least 4 members (excludes halogenated alkanes) is 2. The second-order valence-corrected chi connectivity index (χ2v) is 3.68. The molecule has 0 saturated carbocycles. The maximum atomic E-state index is 10.7. The zero-order chi connectivity index (χ0) is 10.1. The van der Waals surface area contributed by atoms with Crippen molar-refractivity contribution in [1.29, 1.82) is 0 Å². The average molecular weight is 296 g/mol. The molecule has 1 unspecified atom stereocenters. The van der Waals surface area contributed by atoms with E-state index in [0.717, 1.165) is 12.8 Å². The Morgan fingerprint density at radius 1 is 1.54 bits per heavy atom. The van der Waals surface area contributed by atoms with E-state index in [1.54, 1.807) is 0 Å². The highest BCUT2D eigenvalue weighted by molar-refractivity contribution is 14.1. The molecule has 0 aromatic heterocycles. The van der Waals surface area contributed by atoms with E-state index in [0.29, 0.717) is 0 Å². The summed E-state index contributed by atoms with van der Waals surface area (Å²) in [5.41, 5.74) is 0. The lowest BCUT2D eigenvalue weighted by Gasteiger charge is -2.11. The molecule has 0 bridgehead atoms. The highest BCUT2D eigenvalue weighted by Gasteiger charge is 2.06. The van der Waals surface area contributed by atoms with E-state index in [-0.39, 0.29) is 12.1 Å². The van der Waals surface area contributed by atoms with Crippen LogP contribution >= 0.6 is 22.6 Å². The van der Waals surface area contributed by atoms with Crippen molar-refractivity contribution in [2.75, 3.05) is 0 Å². The molecule has 0 aromatic rings. The molecule has 3 heteroatoms. The summed E-state index contributed by atoms with van der Waals surface area (Å²) in [6, 6.07) is 0. The van der Waals surface area contributed by atoms with Crippen LogP contribution in [0.25, 0.3) is 0 Å². The van der Waals surface area contributed by atoms with Gasteiger partial charge in [0.2, 0.25) is 0 Å². The van der Waals surface area contributed by atoms with Gasteiger partial charge in [-0.05, 0) is 23.0 Å². The fourth-order valence-electron chi connectivity index (χ4n) is 1.08. The molecule has 0 fully saturated rings. The molecule has 0 aliphatic heterocycles. The summed E-state index contributed by atoms with van der Waals surface area (Å²) in [4.78, 5) is 10.7. The third-order valence-corrected chi connectivity index (χ3v) is 2.11. The van der Waals surface area contributed by atoms with Gasteiger partial charge >= 0.3 is 5.97 Å². The van der Waals surface area contributed by atoms with Gasteiger partial charge in [-0.25, -0.2) is 0 Å². The summed E-state index contributed by atoms with van der Waals surface area (Å²) in [5.74, 6) is -0.198. The normalized spacial score (nSPS) is 13.2. The van der Waals surface area contributed by atoms with Crippen molar-refractivity contribution in [3.63, 3.8) is 0 Å². The third-order valence-electron chi connectivity index (χ3n) is 1.70. The van der Waals surface area contributed by atoms with E-state index in [2.05, 4.69) is 29.5 Å². The van der Waals surface area contributed by atoms with Gasteiger partial charge in [0.05, 0.1) is 0 Å². The van der Waals surface area contributed by atoms with Crippen LogP contribution in [-0.4, -0.2) is 12.1 Å². The first-order valence-electron chi connectivity index (χ1n) is 4.64. The van der Waals surface area contributed by atoms with Crippen molar-refractivity contribution in [1.82, 2.24) is 0 Å². The molecule has 13 heavy (non-hydrogen) atoms. The maximum absolute atomic E-state index is 10.7. The lowest BCUT2D eigenvalue weighted by Crippen LogP contribution is -2.13. The first-order chi connectivity index (χ1) is 6.20. The van der Waals surface area contributed by atoms with Crippen LogP contribution < -0.4 is 0 Å². The number of hydrogen-bond donors (Lipinski definition) is 0. The summed E-state index contributed by atoms with van der Waals surface area (Å²) in [6.07, 6.45) is 6.36. The Kier molecular flexibility index (Phi) is 8.49. The van der Waals surface area contributed by atoms with E-state index in [1.807, 2.05) is 10.2 Å². The van der Waals surface area contributed by atoms with Crippen LogP contribution in [0.5, 0.6) is 0 Å². The quantitative estimate of drug-likeness (QED) is 0.426. The van der Waals surface area contributed by atoms with Crippen molar-refractivity contribution in [2.45, 2.75) is 45.6 Å². The fourth-order valence-corrected chi connectivity index (χ4v) is 1.55. The Labute approximate surface area is 93.9 Å². The van der Waals surface area contributed by atoms with Crippen molar-refractivity contribution >= 4 is 28.6 Å². The molecule has 0 spiro atoms. The molecule has 2 nitrogen and oxygen atoms in total. The van der Waals surface area contributed by atoms with Gasteiger partial charge in [-0.15, -0.1) is 0 Å². The standard InChI is InChI=1S/C10H17IO2/c1-3-4-5-6-10(7-8-11)13-9(2)12/h7-8,10H,3-6H2,1-2H3. The summed E-state index contributed by atoms with van der Waals surface area (Å²) >= 11 is 2.14. The number of ether oxygens (including phenoxy) is 1. The average Bonchev–Trinajstić information content (AvgIpc) is 2.04. The smallest absolute Gasteiger partial charge is 0.303 e. The summed E-state index contributed by atoms with van der Waals surface area (Å²) < 4.78 is 7.01. The molecule has 0 N–H and O–H groups in total. The summed E-state index contributed by atoms with van der Waals surface area (Å²) in [7, 11) is 0. The van der Waals surface area contributed by atoms with E-state index >= 15 is 0 Å². The van der Waals surface area contributed by atoms with E-state index in [9.17, 15) is 4.79 Å². The van der Waals surface area contributed by atoms with Gasteiger partial charge in [-0.1, -0.05) is 42.4 Å². The molecule has 0 rings (SSSR count). The number of hydrogen-bond acceptors (Lipinski definition) is 2. The van der Waals surface area contributed by atoms with Crippen LogP contribution in [0.2, 0.25) is 0 Å². The number of halogens is 1. The monoisotopic (exact) mass is 296 g/mol. The highest BCUT2D eigenvalue weighted by Crippen LogP contribution is 2.09. The topological polar surface area (TPSA) is 26.3 Å². The largest absolute Gasteiger partial charge is 0.458 e. The molecule has 0 aromatic carbocycles. The van der Waals surface area contributed by atoms with Gasteiger partial charge in [0.1, 0.15) is 6.10 Å². The van der Waals surface area contributed by atoms with Gasteiger partial charge in [-0.2, -0.15) is 0 Å². The first-order valence-corrected chi connectivity index (χ1v) is 5.89. The Morgan fingerprint density at radius 2 is 2.23 bits per heavy atom. The first kappa shape index (κ1) is 12.9. The minimum Gasteiger partial charge on any atom is -0.458 e. The number of rotatable bonds is 6. The van der Waals surface area contributed by atoms with E-state index < -0.39 is 0 Å². The van der Waals surface area contributed by atoms with Crippen LogP contribution in [0, 0.1) is 0 Å².